The Balaban J connectivity index is 1.57. The quantitative estimate of drug-likeness (QED) is 0.740. The average Bonchev–Trinajstić information content (AvgIpc) is 3.05. The van der Waals surface area contributed by atoms with Crippen molar-refractivity contribution < 1.29 is 0 Å². The first-order valence-corrected chi connectivity index (χ1v) is 8.31. The van der Waals surface area contributed by atoms with Crippen molar-refractivity contribution in [2.75, 3.05) is 19.0 Å². The number of alkyl halides is 1. The molecule has 1 aliphatic heterocycles. The van der Waals surface area contributed by atoms with Crippen molar-refractivity contribution in [2.45, 2.75) is 51.0 Å². The Morgan fingerprint density at radius 1 is 1.16 bits per heavy atom. The molecule has 0 N–H and O–H groups in total. The van der Waals surface area contributed by atoms with E-state index in [9.17, 15) is 0 Å². The molecular formula is C17H24ClN. The maximum atomic E-state index is 5.90. The molecule has 0 spiro atoms. The average molecular weight is 278 g/mol. The second kappa shape index (κ2) is 6.28. The fourth-order valence-corrected chi connectivity index (χ4v) is 3.95. The molecule has 1 heterocycles. The number of fused-ring (bicyclic) bond motifs is 1. The van der Waals surface area contributed by atoms with Crippen LogP contribution < -0.4 is 0 Å². The second-order valence-corrected chi connectivity index (χ2v) is 6.39. The summed E-state index contributed by atoms with van der Waals surface area (Å²) < 4.78 is 0. The molecule has 1 fully saturated rings. The molecule has 1 aromatic rings. The van der Waals surface area contributed by atoms with Crippen molar-refractivity contribution in [1.82, 2.24) is 4.90 Å². The Kier molecular flexibility index (Phi) is 4.45. The van der Waals surface area contributed by atoms with Crippen LogP contribution in [0.15, 0.2) is 18.2 Å². The number of halogens is 1. The molecule has 0 bridgehead atoms. The zero-order valence-electron chi connectivity index (χ0n) is 11.7. The lowest BCUT2D eigenvalue weighted by molar-refractivity contribution is 0.252. The van der Waals surface area contributed by atoms with Crippen LogP contribution in [0.5, 0.6) is 0 Å². The third-order valence-electron chi connectivity index (χ3n) is 4.79. The Labute approximate surface area is 121 Å². The summed E-state index contributed by atoms with van der Waals surface area (Å²) in [7, 11) is 0. The standard InChI is InChI=1S/C17H24ClN/c18-10-8-17-5-2-11-19(17)12-9-14-6-7-15-3-1-4-16(15)13-14/h6-7,13,17H,1-5,8-12H2. The molecule has 2 aliphatic rings. The van der Waals surface area contributed by atoms with Gasteiger partial charge in [-0.15, -0.1) is 11.6 Å². The fraction of sp³-hybridized carbons (Fsp3) is 0.647. The van der Waals surface area contributed by atoms with Gasteiger partial charge in [0.15, 0.2) is 0 Å². The summed E-state index contributed by atoms with van der Waals surface area (Å²) in [5, 5.41) is 0. The van der Waals surface area contributed by atoms with Crippen molar-refractivity contribution in [1.29, 1.82) is 0 Å². The molecule has 1 saturated heterocycles. The molecule has 0 aromatic heterocycles. The molecule has 19 heavy (non-hydrogen) atoms. The van der Waals surface area contributed by atoms with E-state index in [0.717, 1.165) is 18.3 Å². The Morgan fingerprint density at radius 3 is 2.95 bits per heavy atom. The number of hydrogen-bond acceptors (Lipinski definition) is 1. The third kappa shape index (κ3) is 3.14. The van der Waals surface area contributed by atoms with Crippen molar-refractivity contribution >= 4 is 11.6 Å². The van der Waals surface area contributed by atoms with Crippen molar-refractivity contribution in [3.8, 4) is 0 Å². The first-order valence-electron chi connectivity index (χ1n) is 7.77. The SMILES string of the molecule is ClCCC1CCCN1CCc1ccc2c(c1)CCC2. The monoisotopic (exact) mass is 277 g/mol. The molecule has 1 atom stereocenters. The van der Waals surface area contributed by atoms with E-state index in [-0.39, 0.29) is 0 Å². The minimum atomic E-state index is 0.743. The van der Waals surface area contributed by atoms with E-state index in [1.165, 1.54) is 57.2 Å². The Morgan fingerprint density at radius 2 is 2.05 bits per heavy atom. The van der Waals surface area contributed by atoms with E-state index in [4.69, 9.17) is 11.6 Å². The minimum absolute atomic E-state index is 0.743. The summed E-state index contributed by atoms with van der Waals surface area (Å²) >= 11 is 5.90. The van der Waals surface area contributed by atoms with Gasteiger partial charge in [-0.25, -0.2) is 0 Å². The van der Waals surface area contributed by atoms with Crippen LogP contribution in [0.1, 0.15) is 42.4 Å². The van der Waals surface area contributed by atoms with E-state index >= 15 is 0 Å². The van der Waals surface area contributed by atoms with Gasteiger partial charge in [-0.3, -0.25) is 0 Å². The summed E-state index contributed by atoms with van der Waals surface area (Å²) in [6.07, 6.45) is 8.99. The van der Waals surface area contributed by atoms with Crippen LogP contribution in [0.25, 0.3) is 0 Å². The van der Waals surface area contributed by atoms with Crippen molar-refractivity contribution in [2.24, 2.45) is 0 Å². The van der Waals surface area contributed by atoms with Gasteiger partial charge in [0.2, 0.25) is 0 Å². The number of benzene rings is 1. The van der Waals surface area contributed by atoms with E-state index in [1.54, 1.807) is 11.1 Å². The second-order valence-electron chi connectivity index (χ2n) is 6.02. The zero-order chi connectivity index (χ0) is 13.1. The van der Waals surface area contributed by atoms with Gasteiger partial charge < -0.3 is 4.90 Å². The van der Waals surface area contributed by atoms with Crippen molar-refractivity contribution in [3.05, 3.63) is 34.9 Å². The number of rotatable bonds is 5. The molecule has 1 nitrogen and oxygen atoms in total. The third-order valence-corrected chi connectivity index (χ3v) is 5.01. The van der Waals surface area contributed by atoms with E-state index in [0.29, 0.717) is 0 Å². The van der Waals surface area contributed by atoms with Gasteiger partial charge in [-0.1, -0.05) is 18.2 Å². The van der Waals surface area contributed by atoms with Gasteiger partial charge in [-0.2, -0.15) is 0 Å². The molecule has 0 saturated carbocycles. The highest BCUT2D eigenvalue weighted by Gasteiger charge is 2.23. The lowest BCUT2D eigenvalue weighted by Gasteiger charge is -2.23. The first-order chi connectivity index (χ1) is 9.36. The van der Waals surface area contributed by atoms with Crippen LogP contribution in [0, 0.1) is 0 Å². The summed E-state index contributed by atoms with van der Waals surface area (Å²) in [4.78, 5) is 2.65. The number of likely N-dealkylation sites (tertiary alicyclic amines) is 1. The summed E-state index contributed by atoms with van der Waals surface area (Å²) in [5.74, 6) is 0.806. The summed E-state index contributed by atoms with van der Waals surface area (Å²) in [6.45, 7) is 2.48. The lowest BCUT2D eigenvalue weighted by Crippen LogP contribution is -2.31. The molecular weight excluding hydrogens is 254 g/mol. The van der Waals surface area contributed by atoms with E-state index in [1.807, 2.05) is 0 Å². The van der Waals surface area contributed by atoms with Gasteiger partial charge in [0.1, 0.15) is 0 Å². The van der Waals surface area contributed by atoms with Crippen LogP contribution in [0.4, 0.5) is 0 Å². The maximum Gasteiger partial charge on any atom is 0.0238 e. The van der Waals surface area contributed by atoms with Crippen LogP contribution in [0.3, 0.4) is 0 Å². The van der Waals surface area contributed by atoms with Gasteiger partial charge in [0.05, 0.1) is 0 Å². The molecule has 1 aliphatic carbocycles. The van der Waals surface area contributed by atoms with Crippen LogP contribution in [0.2, 0.25) is 0 Å². The highest BCUT2D eigenvalue weighted by Crippen LogP contribution is 2.24. The van der Waals surface area contributed by atoms with Gasteiger partial charge in [0.25, 0.3) is 0 Å². The summed E-state index contributed by atoms with van der Waals surface area (Å²) in [5.41, 5.74) is 4.72. The van der Waals surface area contributed by atoms with Gasteiger partial charge >= 0.3 is 0 Å². The fourth-order valence-electron chi connectivity index (χ4n) is 3.70. The molecule has 1 aromatic carbocycles. The molecule has 0 radical (unpaired) electrons. The van der Waals surface area contributed by atoms with Gasteiger partial charge in [0, 0.05) is 18.5 Å². The molecule has 2 heteroatoms. The highest BCUT2D eigenvalue weighted by molar-refractivity contribution is 6.17. The van der Waals surface area contributed by atoms with E-state index in [2.05, 4.69) is 23.1 Å². The van der Waals surface area contributed by atoms with E-state index < -0.39 is 0 Å². The smallest absolute Gasteiger partial charge is 0.0238 e. The largest absolute Gasteiger partial charge is 0.300 e. The number of nitrogens with zero attached hydrogens (tertiary/aromatic N) is 1. The topological polar surface area (TPSA) is 3.24 Å². The normalized spacial score (nSPS) is 22.9. The lowest BCUT2D eigenvalue weighted by atomic mass is 10.0. The molecule has 104 valence electrons. The minimum Gasteiger partial charge on any atom is -0.300 e. The van der Waals surface area contributed by atoms with Crippen molar-refractivity contribution in [3.63, 3.8) is 0 Å². The molecule has 3 rings (SSSR count). The molecule has 0 amide bonds. The molecule has 1 unspecified atom stereocenters. The maximum absolute atomic E-state index is 5.90. The predicted molar refractivity (Wildman–Crippen MR) is 82.1 cm³/mol. The highest BCUT2D eigenvalue weighted by atomic mass is 35.5. The summed E-state index contributed by atoms with van der Waals surface area (Å²) in [6, 6.07) is 7.90. The van der Waals surface area contributed by atoms with Crippen LogP contribution in [-0.2, 0) is 19.3 Å². The predicted octanol–water partition coefficient (Wildman–Crippen LogP) is 3.81. The Hall–Kier alpha value is -0.530. The number of aryl methyl sites for hydroxylation is 2. The number of hydrogen-bond donors (Lipinski definition) is 0. The zero-order valence-corrected chi connectivity index (χ0v) is 12.5. The Bertz CT molecular complexity index is 429. The van der Waals surface area contributed by atoms with Crippen LogP contribution >= 0.6 is 11.6 Å². The van der Waals surface area contributed by atoms with Gasteiger partial charge in [-0.05, 0) is 68.2 Å². The first kappa shape index (κ1) is 13.5. The van der Waals surface area contributed by atoms with Crippen LogP contribution in [-0.4, -0.2) is 29.9 Å².